The van der Waals surface area contributed by atoms with Gasteiger partial charge in [-0.05, 0) is 19.1 Å². The average Bonchev–Trinajstić information content (AvgIpc) is 2.14. The van der Waals surface area contributed by atoms with Crippen LogP contribution in [0.1, 0.15) is 22.1 Å². The third-order valence-electron chi connectivity index (χ3n) is 2.54. The maximum Gasteiger partial charge on any atom is 0.115 e. The first-order chi connectivity index (χ1) is 5.00. The van der Waals surface area contributed by atoms with Gasteiger partial charge in [0.25, 0.3) is 0 Å². The molecule has 0 saturated carbocycles. The minimum Gasteiger partial charge on any atom is -0.391 e. The lowest BCUT2D eigenvalue weighted by Gasteiger charge is -2.25. The molecule has 58 valence electrons. The highest BCUT2D eigenvalue weighted by atomic mass is 16.5. The first kappa shape index (κ1) is 6.68. The molecule has 1 fully saturated rings. The molecule has 0 aromatic carbocycles. The monoisotopic (exact) mass is 143 g/mol. The van der Waals surface area contributed by atoms with Gasteiger partial charge in [-0.1, -0.05) is 6.92 Å². The van der Waals surface area contributed by atoms with Crippen molar-refractivity contribution in [1.29, 1.82) is 0 Å². The molecule has 0 bridgehead atoms. The van der Waals surface area contributed by atoms with Crippen molar-refractivity contribution in [3.63, 3.8) is 0 Å². The molecule has 1 aliphatic rings. The van der Waals surface area contributed by atoms with E-state index in [2.05, 4.69) is 0 Å². The maximum atomic E-state index is 9.64. The summed E-state index contributed by atoms with van der Waals surface area (Å²) >= 11 is 0. The van der Waals surface area contributed by atoms with E-state index in [1.54, 1.807) is 0 Å². The summed E-state index contributed by atoms with van der Waals surface area (Å²) in [5.41, 5.74) is 0. The average molecular weight is 143 g/mol. The zero-order valence-electron chi connectivity index (χ0n) is 7.79. The van der Waals surface area contributed by atoms with Gasteiger partial charge in [-0.3, -0.25) is 0 Å². The van der Waals surface area contributed by atoms with Gasteiger partial charge in [0.05, 0.1) is 18.3 Å². The summed E-state index contributed by atoms with van der Waals surface area (Å²) in [5.74, 6) is 0. The predicted octanol–water partition coefficient (Wildman–Crippen LogP) is -0.0338. The molecule has 1 unspecified atom stereocenters. The Balaban J connectivity index is 2.71. The van der Waals surface area contributed by atoms with Gasteiger partial charge in [-0.15, -0.1) is 0 Å². The first-order valence-corrected chi connectivity index (χ1v) is 3.63. The van der Waals surface area contributed by atoms with Crippen molar-refractivity contribution in [2.24, 2.45) is 0 Å². The highest BCUT2D eigenvalue weighted by molar-refractivity contribution is 6.16. The summed E-state index contributed by atoms with van der Waals surface area (Å²) in [5, 5.41) is 9.44. The van der Waals surface area contributed by atoms with Crippen LogP contribution in [0.4, 0.5) is 0 Å². The Morgan fingerprint density at radius 3 is 2.60 bits per heavy atom. The lowest BCUT2D eigenvalue weighted by Crippen LogP contribution is -2.30. The Morgan fingerprint density at radius 1 is 1.80 bits per heavy atom. The molecule has 3 heteroatoms. The van der Waals surface area contributed by atoms with Crippen molar-refractivity contribution < 1.29 is 11.2 Å². The van der Waals surface area contributed by atoms with Crippen molar-refractivity contribution in [2.75, 3.05) is 0 Å². The van der Waals surface area contributed by atoms with Crippen molar-refractivity contribution in [1.82, 2.24) is 0 Å². The van der Waals surface area contributed by atoms with Crippen molar-refractivity contribution in [2.45, 2.75) is 44.4 Å². The third-order valence-corrected chi connectivity index (χ3v) is 2.54. The summed E-state index contributed by atoms with van der Waals surface area (Å²) in [6.45, 7) is 4.06. The van der Waals surface area contributed by atoms with Crippen LogP contribution in [0.2, 0.25) is 5.31 Å². The van der Waals surface area contributed by atoms with Crippen LogP contribution in [0, 0.1) is 0 Å². The third kappa shape index (κ3) is 0.975. The number of hydrogen-bond acceptors (Lipinski definition) is 2. The fourth-order valence-electron chi connectivity index (χ4n) is 1.23. The predicted molar refractivity (Wildman–Crippen MR) is 42.9 cm³/mol. The normalized spacial score (nSPS) is 56.7. The van der Waals surface area contributed by atoms with E-state index in [9.17, 15) is 5.11 Å². The SMILES string of the molecule is [2H]C[C@H]1O[C@@H](C)C(B)(C)[C@@H]1O. The highest BCUT2D eigenvalue weighted by Gasteiger charge is 2.44. The second-order valence-electron chi connectivity index (χ2n) is 3.58. The molecule has 0 amide bonds. The van der Waals surface area contributed by atoms with E-state index in [0.717, 1.165) is 0 Å². The Hall–Kier alpha value is -0.0151. The highest BCUT2D eigenvalue weighted by Crippen LogP contribution is 2.41. The van der Waals surface area contributed by atoms with Crippen LogP contribution < -0.4 is 0 Å². The second kappa shape index (κ2) is 2.24. The molecule has 1 aliphatic heterocycles. The Morgan fingerprint density at radius 2 is 2.40 bits per heavy atom. The van der Waals surface area contributed by atoms with E-state index in [1.807, 2.05) is 21.7 Å². The molecule has 2 nitrogen and oxygen atoms in total. The summed E-state index contributed by atoms with van der Waals surface area (Å²) in [6, 6.07) is 0. The molecular weight excluding hydrogens is 127 g/mol. The van der Waals surface area contributed by atoms with Gasteiger partial charge >= 0.3 is 0 Å². The van der Waals surface area contributed by atoms with Crippen LogP contribution in [-0.2, 0) is 4.74 Å². The van der Waals surface area contributed by atoms with Crippen LogP contribution in [0.3, 0.4) is 0 Å². The molecule has 0 aliphatic carbocycles. The molecular formula is C7H15BO2. The lowest BCUT2D eigenvalue weighted by atomic mass is 9.64. The smallest absolute Gasteiger partial charge is 0.115 e. The number of aliphatic hydroxyl groups is 1. The Bertz CT molecular complexity index is 151. The van der Waals surface area contributed by atoms with Crippen molar-refractivity contribution in [3.05, 3.63) is 0 Å². The van der Waals surface area contributed by atoms with Crippen LogP contribution >= 0.6 is 0 Å². The lowest BCUT2D eigenvalue weighted by molar-refractivity contribution is 0.0287. The molecule has 0 aromatic rings. The van der Waals surface area contributed by atoms with Crippen molar-refractivity contribution >= 4 is 7.85 Å². The van der Waals surface area contributed by atoms with Gasteiger partial charge in [0.2, 0.25) is 0 Å². The first-order valence-electron chi connectivity index (χ1n) is 4.33. The fraction of sp³-hybridized carbons (Fsp3) is 1.00. The van der Waals surface area contributed by atoms with E-state index < -0.39 is 6.10 Å². The van der Waals surface area contributed by atoms with E-state index in [4.69, 9.17) is 6.11 Å². The van der Waals surface area contributed by atoms with Crippen LogP contribution in [-0.4, -0.2) is 31.3 Å². The number of aliphatic hydroxyl groups excluding tert-OH is 1. The van der Waals surface area contributed by atoms with Crippen LogP contribution in [0.15, 0.2) is 0 Å². The molecule has 1 heterocycles. The molecule has 4 atom stereocenters. The molecule has 0 spiro atoms. The largest absolute Gasteiger partial charge is 0.391 e. The fourth-order valence-corrected chi connectivity index (χ4v) is 1.23. The molecule has 1 N–H and O–H groups in total. The van der Waals surface area contributed by atoms with E-state index >= 15 is 0 Å². The Labute approximate surface area is 64.4 Å². The number of hydrogen-bond donors (Lipinski definition) is 1. The standard InChI is InChI=1S/C7H15BO2/c1-4-6(9)7(3,8)5(2)10-4/h4-6,9H,8H2,1-3H3/t4-,5+,6-,7?/m1/s1/i1D. The molecule has 10 heavy (non-hydrogen) atoms. The van der Waals surface area contributed by atoms with Gasteiger partial charge < -0.3 is 9.84 Å². The second-order valence-corrected chi connectivity index (χ2v) is 3.58. The quantitative estimate of drug-likeness (QED) is 0.482. The van der Waals surface area contributed by atoms with Crippen LogP contribution in [0.25, 0.3) is 0 Å². The van der Waals surface area contributed by atoms with Gasteiger partial charge in [0, 0.05) is 1.37 Å². The summed E-state index contributed by atoms with van der Waals surface area (Å²) < 4.78 is 12.5. The van der Waals surface area contributed by atoms with Gasteiger partial charge in [-0.2, -0.15) is 0 Å². The van der Waals surface area contributed by atoms with Crippen molar-refractivity contribution in [3.8, 4) is 0 Å². The maximum absolute atomic E-state index is 9.64. The molecule has 0 aromatic heterocycles. The molecule has 0 radical (unpaired) electrons. The van der Waals surface area contributed by atoms with E-state index in [0.29, 0.717) is 0 Å². The summed E-state index contributed by atoms with van der Waals surface area (Å²) in [6.07, 6.45) is -0.733. The minimum absolute atomic E-state index is 0.0489. The summed E-state index contributed by atoms with van der Waals surface area (Å²) in [7, 11) is 1.97. The summed E-state index contributed by atoms with van der Waals surface area (Å²) in [4.78, 5) is 0. The minimum atomic E-state index is -0.491. The molecule has 1 rings (SSSR count). The number of ether oxygens (including phenoxy) is 1. The Kier molecular flexibility index (Phi) is 1.50. The van der Waals surface area contributed by atoms with Gasteiger partial charge in [0.1, 0.15) is 7.85 Å². The zero-order valence-corrected chi connectivity index (χ0v) is 6.79. The van der Waals surface area contributed by atoms with E-state index in [1.165, 1.54) is 0 Å². The van der Waals surface area contributed by atoms with Crippen LogP contribution in [0.5, 0.6) is 0 Å². The topological polar surface area (TPSA) is 29.5 Å². The number of rotatable bonds is 0. The molecule has 1 saturated heterocycles. The van der Waals surface area contributed by atoms with Gasteiger partial charge in [-0.25, -0.2) is 0 Å². The zero-order chi connectivity index (χ0) is 8.65. The van der Waals surface area contributed by atoms with E-state index in [-0.39, 0.29) is 24.4 Å². The van der Waals surface area contributed by atoms with Gasteiger partial charge in [0.15, 0.2) is 0 Å².